The van der Waals surface area contributed by atoms with Gasteiger partial charge in [-0.05, 0) is 56.9 Å². The number of rotatable bonds is 6. The topological polar surface area (TPSA) is 73.2 Å². The summed E-state index contributed by atoms with van der Waals surface area (Å²) in [6, 6.07) is 4.80. The molecule has 5 heteroatoms. The molecule has 1 heterocycles. The molecule has 1 saturated heterocycles. The Balaban J connectivity index is 1.91. The van der Waals surface area contributed by atoms with Gasteiger partial charge in [0.15, 0.2) is 0 Å². The van der Waals surface area contributed by atoms with Crippen molar-refractivity contribution in [3.63, 3.8) is 0 Å². The average molecular weight is 349 g/mol. The third kappa shape index (κ3) is 5.46. The average Bonchev–Trinajstić information content (AvgIpc) is 2.52. The van der Waals surface area contributed by atoms with Crippen molar-refractivity contribution in [3.8, 4) is 5.75 Å². The van der Waals surface area contributed by atoms with E-state index in [9.17, 15) is 15.3 Å². The molecule has 0 atom stereocenters. The number of likely N-dealkylation sites (tertiary alicyclic amines) is 1. The molecular weight excluding hydrogens is 318 g/mol. The third-order valence-electron chi connectivity index (χ3n) is 4.60. The van der Waals surface area contributed by atoms with Crippen molar-refractivity contribution in [2.45, 2.75) is 57.8 Å². The fourth-order valence-electron chi connectivity index (χ4n) is 3.35. The van der Waals surface area contributed by atoms with Crippen molar-refractivity contribution in [2.24, 2.45) is 0 Å². The molecule has 2 rings (SSSR count). The van der Waals surface area contributed by atoms with Crippen LogP contribution in [0.4, 0.5) is 0 Å². The highest BCUT2D eigenvalue weighted by Gasteiger charge is 2.35. The lowest BCUT2D eigenvalue weighted by molar-refractivity contribution is -0.0285. The van der Waals surface area contributed by atoms with E-state index < -0.39 is 5.60 Å². The largest absolute Gasteiger partial charge is 0.508 e. The number of phenols is 1. The maximum absolute atomic E-state index is 11.0. The van der Waals surface area contributed by atoms with Gasteiger partial charge in [0, 0.05) is 26.1 Å². The van der Waals surface area contributed by atoms with Crippen molar-refractivity contribution in [1.82, 2.24) is 4.90 Å². The number of piperidine rings is 1. The Morgan fingerprint density at radius 3 is 2.48 bits per heavy atom. The second kappa shape index (κ2) is 7.77. The van der Waals surface area contributed by atoms with Crippen LogP contribution in [0, 0.1) is 0 Å². The highest BCUT2D eigenvalue weighted by atomic mass is 16.5. The zero-order chi connectivity index (χ0) is 18.7. The summed E-state index contributed by atoms with van der Waals surface area (Å²) in [4.78, 5) is 2.30. The van der Waals surface area contributed by atoms with Gasteiger partial charge in [-0.15, -0.1) is 0 Å². The van der Waals surface area contributed by atoms with Crippen LogP contribution in [0.2, 0.25) is 0 Å². The van der Waals surface area contributed by atoms with Crippen molar-refractivity contribution >= 4 is 0 Å². The minimum absolute atomic E-state index is 0.103. The first-order valence-electron chi connectivity index (χ1n) is 8.88. The third-order valence-corrected chi connectivity index (χ3v) is 4.60. The lowest BCUT2D eigenvalue weighted by Crippen LogP contribution is -2.43. The van der Waals surface area contributed by atoms with Gasteiger partial charge in [0.2, 0.25) is 0 Å². The van der Waals surface area contributed by atoms with Crippen LogP contribution >= 0.6 is 0 Å². The van der Waals surface area contributed by atoms with Gasteiger partial charge in [0.1, 0.15) is 11.4 Å². The molecule has 140 valence electrons. The van der Waals surface area contributed by atoms with E-state index in [1.165, 1.54) is 6.07 Å². The van der Waals surface area contributed by atoms with E-state index in [1.54, 1.807) is 12.1 Å². The molecule has 0 aliphatic carbocycles. The van der Waals surface area contributed by atoms with Gasteiger partial charge in [-0.1, -0.05) is 12.6 Å². The summed E-state index contributed by atoms with van der Waals surface area (Å²) < 4.78 is 5.76. The van der Waals surface area contributed by atoms with Crippen LogP contribution in [0.3, 0.4) is 0 Å². The Kier molecular flexibility index (Phi) is 6.14. The van der Waals surface area contributed by atoms with Crippen molar-refractivity contribution in [3.05, 3.63) is 41.7 Å². The number of aliphatic hydroxyl groups excluding tert-OH is 1. The predicted molar refractivity (Wildman–Crippen MR) is 98.2 cm³/mol. The molecule has 0 aromatic heterocycles. The second-order valence-corrected chi connectivity index (χ2v) is 7.88. The number of ether oxygens (including phenoxy) is 1. The molecule has 0 spiro atoms. The first-order valence-corrected chi connectivity index (χ1v) is 8.88. The molecule has 1 aromatic rings. The van der Waals surface area contributed by atoms with Crippen LogP contribution in [-0.2, 0) is 16.9 Å². The van der Waals surface area contributed by atoms with Crippen LogP contribution < -0.4 is 0 Å². The number of phenolic OH excluding ortho intramolecular Hbond substituents is 1. The number of nitrogens with zero attached hydrogens (tertiary/aromatic N) is 1. The van der Waals surface area contributed by atoms with E-state index in [0.717, 1.165) is 31.8 Å². The number of hydrogen-bond donors (Lipinski definition) is 3. The Bertz CT molecular complexity index is 598. The maximum atomic E-state index is 11.0. The smallest absolute Gasteiger partial charge is 0.115 e. The van der Waals surface area contributed by atoms with Gasteiger partial charge < -0.3 is 25.0 Å². The number of aliphatic hydroxyl groups is 2. The Hall–Kier alpha value is -1.56. The molecule has 25 heavy (non-hydrogen) atoms. The molecule has 3 N–H and O–H groups in total. The van der Waals surface area contributed by atoms with Crippen molar-refractivity contribution < 1.29 is 20.1 Å². The fraction of sp³-hybridized carbons (Fsp3) is 0.600. The Labute approximate surface area is 150 Å². The number of hydrogen-bond acceptors (Lipinski definition) is 5. The quantitative estimate of drug-likeness (QED) is 0.689. The van der Waals surface area contributed by atoms with E-state index in [4.69, 9.17) is 4.74 Å². The summed E-state index contributed by atoms with van der Waals surface area (Å²) in [6.45, 7) is 12.2. The van der Waals surface area contributed by atoms with E-state index in [1.807, 2.05) is 20.8 Å². The zero-order valence-corrected chi connectivity index (χ0v) is 15.6. The number of benzene rings is 1. The molecule has 0 saturated carbocycles. The number of aromatic hydroxyl groups is 1. The van der Waals surface area contributed by atoms with E-state index >= 15 is 0 Å². The van der Waals surface area contributed by atoms with Crippen LogP contribution in [0.15, 0.2) is 30.5 Å². The molecule has 0 amide bonds. The van der Waals surface area contributed by atoms with Crippen molar-refractivity contribution in [2.75, 3.05) is 19.6 Å². The second-order valence-electron chi connectivity index (χ2n) is 7.88. The molecular formula is C20H31NO4. The lowest BCUT2D eigenvalue weighted by Gasteiger charge is -2.39. The highest BCUT2D eigenvalue weighted by Crippen LogP contribution is 2.36. The van der Waals surface area contributed by atoms with Gasteiger partial charge in [-0.2, -0.15) is 0 Å². The van der Waals surface area contributed by atoms with E-state index in [0.29, 0.717) is 24.0 Å². The van der Waals surface area contributed by atoms with Gasteiger partial charge in [-0.3, -0.25) is 0 Å². The normalized spacial score (nSPS) is 18.1. The fourth-order valence-corrected chi connectivity index (χ4v) is 3.35. The molecule has 1 aromatic carbocycles. The molecule has 0 bridgehead atoms. The van der Waals surface area contributed by atoms with Crippen LogP contribution in [0.25, 0.3) is 0 Å². The first-order chi connectivity index (χ1) is 11.6. The molecule has 0 unspecified atom stereocenters. The molecule has 5 nitrogen and oxygen atoms in total. The molecule has 1 fully saturated rings. The molecule has 1 aliphatic heterocycles. The van der Waals surface area contributed by atoms with E-state index in [-0.39, 0.29) is 18.0 Å². The van der Waals surface area contributed by atoms with Crippen LogP contribution in [0.5, 0.6) is 5.75 Å². The summed E-state index contributed by atoms with van der Waals surface area (Å²) in [5, 5.41) is 30.1. The summed E-state index contributed by atoms with van der Waals surface area (Å²) in [5.41, 5.74) is 0.121. The van der Waals surface area contributed by atoms with Gasteiger partial charge in [0.05, 0.1) is 18.0 Å². The minimum atomic E-state index is -0.957. The summed E-state index contributed by atoms with van der Waals surface area (Å²) in [5.74, 6) is 0.889. The van der Waals surface area contributed by atoms with E-state index in [2.05, 4.69) is 11.5 Å². The highest BCUT2D eigenvalue weighted by molar-refractivity contribution is 5.38. The monoisotopic (exact) mass is 349 g/mol. The van der Waals surface area contributed by atoms with Gasteiger partial charge in [-0.25, -0.2) is 0 Å². The predicted octanol–water partition coefficient (Wildman–Crippen LogP) is 2.89. The first kappa shape index (κ1) is 19.8. The zero-order valence-electron chi connectivity index (χ0n) is 15.6. The van der Waals surface area contributed by atoms with Gasteiger partial charge >= 0.3 is 0 Å². The summed E-state index contributed by atoms with van der Waals surface area (Å²) in [6.07, 6.45) is 1.96. The van der Waals surface area contributed by atoms with Crippen LogP contribution in [-0.4, -0.2) is 45.5 Å². The standard InChI is InChI=1S/C20H31NO4/c1-15(25-19(2,3)4)7-10-21-11-8-20(24,9-12-21)18-6-5-17(23)13-16(18)14-22/h5-6,13,22-24H,1,7-12,14H2,2-4H3. The SMILES string of the molecule is C=C(CCN1CCC(O)(c2ccc(O)cc2CO)CC1)OC(C)(C)C. The lowest BCUT2D eigenvalue weighted by atomic mass is 9.82. The minimum Gasteiger partial charge on any atom is -0.508 e. The Morgan fingerprint density at radius 1 is 1.28 bits per heavy atom. The molecule has 1 aliphatic rings. The Morgan fingerprint density at radius 2 is 1.92 bits per heavy atom. The summed E-state index contributed by atoms with van der Waals surface area (Å²) in [7, 11) is 0. The molecule has 0 radical (unpaired) electrons. The summed E-state index contributed by atoms with van der Waals surface area (Å²) >= 11 is 0. The maximum Gasteiger partial charge on any atom is 0.115 e. The van der Waals surface area contributed by atoms with Crippen molar-refractivity contribution in [1.29, 1.82) is 0 Å². The van der Waals surface area contributed by atoms with Crippen LogP contribution in [0.1, 0.15) is 51.2 Å². The van der Waals surface area contributed by atoms with Gasteiger partial charge in [0.25, 0.3) is 0 Å².